The number of halogens is 3. The zero-order valence-electron chi connectivity index (χ0n) is 15.1. The molecule has 6 nitrogen and oxygen atoms in total. The smallest absolute Gasteiger partial charge is 0.416 e. The van der Waals surface area contributed by atoms with Gasteiger partial charge < -0.3 is 15.2 Å². The van der Waals surface area contributed by atoms with Crippen molar-refractivity contribution in [3.63, 3.8) is 0 Å². The van der Waals surface area contributed by atoms with Crippen molar-refractivity contribution in [2.75, 3.05) is 5.32 Å². The van der Waals surface area contributed by atoms with Gasteiger partial charge in [-0.15, -0.1) is 10.2 Å². The number of aromatic nitrogens is 3. The van der Waals surface area contributed by atoms with Gasteiger partial charge in [-0.25, -0.2) is 0 Å². The van der Waals surface area contributed by atoms with Crippen LogP contribution in [0.3, 0.4) is 0 Å². The number of anilines is 1. The lowest BCUT2D eigenvalue weighted by Crippen LogP contribution is -2.31. The Labute approximate surface area is 163 Å². The van der Waals surface area contributed by atoms with Crippen molar-refractivity contribution in [1.29, 1.82) is 0 Å². The number of phenolic OH excluding ortho intramolecular Hbond substituents is 1. The van der Waals surface area contributed by atoms with E-state index in [1.165, 1.54) is 6.07 Å². The summed E-state index contributed by atoms with van der Waals surface area (Å²) in [6, 6.07) is 4.67. The number of nitrogens with one attached hydrogen (secondary N) is 1. The number of nitrogens with zero attached hydrogens (tertiary/aromatic N) is 3. The van der Waals surface area contributed by atoms with Crippen molar-refractivity contribution in [2.24, 2.45) is 0 Å². The third kappa shape index (κ3) is 3.15. The van der Waals surface area contributed by atoms with Crippen LogP contribution in [0.2, 0.25) is 0 Å². The highest BCUT2D eigenvalue weighted by Crippen LogP contribution is 2.40. The second-order valence-electron chi connectivity index (χ2n) is 7.41. The topological polar surface area (TPSA) is 80.2 Å². The minimum absolute atomic E-state index is 0.136. The van der Waals surface area contributed by atoms with Gasteiger partial charge in [-0.3, -0.25) is 4.98 Å². The van der Waals surface area contributed by atoms with Crippen LogP contribution in [-0.2, 0) is 10.9 Å². The van der Waals surface area contributed by atoms with Crippen LogP contribution >= 0.6 is 0 Å². The van der Waals surface area contributed by atoms with Crippen LogP contribution in [0, 0.1) is 0 Å². The lowest BCUT2D eigenvalue weighted by atomic mass is 9.95. The van der Waals surface area contributed by atoms with Crippen LogP contribution in [0.1, 0.15) is 24.8 Å². The minimum atomic E-state index is -4.54. The van der Waals surface area contributed by atoms with E-state index < -0.39 is 17.5 Å². The van der Waals surface area contributed by atoms with Crippen molar-refractivity contribution in [3.05, 3.63) is 42.2 Å². The molecular formula is C20H17F3N4O2. The molecule has 5 rings (SSSR count). The van der Waals surface area contributed by atoms with Crippen LogP contribution in [0.25, 0.3) is 22.0 Å². The molecule has 3 atom stereocenters. The quantitative estimate of drug-likeness (QED) is 0.685. The molecule has 29 heavy (non-hydrogen) atoms. The van der Waals surface area contributed by atoms with Crippen molar-refractivity contribution in [1.82, 2.24) is 15.2 Å². The molecule has 0 unspecified atom stereocenters. The molecule has 0 amide bonds. The molecule has 2 bridgehead atoms. The fourth-order valence-electron chi connectivity index (χ4n) is 4.18. The number of hydrogen-bond acceptors (Lipinski definition) is 6. The van der Waals surface area contributed by atoms with Gasteiger partial charge in [-0.1, -0.05) is 0 Å². The molecule has 0 aliphatic carbocycles. The molecule has 9 heteroatoms. The van der Waals surface area contributed by atoms with E-state index in [1.807, 2.05) is 0 Å². The summed E-state index contributed by atoms with van der Waals surface area (Å²) < 4.78 is 44.6. The normalized spacial score (nSPS) is 23.6. The number of ether oxygens (including phenoxy) is 1. The monoisotopic (exact) mass is 402 g/mol. The van der Waals surface area contributed by atoms with Crippen molar-refractivity contribution in [3.8, 4) is 17.0 Å². The fraction of sp³-hybridized carbons (Fsp3) is 0.350. The highest BCUT2D eigenvalue weighted by Gasteiger charge is 2.41. The van der Waals surface area contributed by atoms with Gasteiger partial charge in [0.25, 0.3) is 0 Å². The molecule has 1 aromatic carbocycles. The largest absolute Gasteiger partial charge is 0.507 e. The van der Waals surface area contributed by atoms with E-state index in [9.17, 15) is 18.3 Å². The average molecular weight is 402 g/mol. The van der Waals surface area contributed by atoms with Gasteiger partial charge in [0.1, 0.15) is 11.4 Å². The molecule has 2 saturated heterocycles. The van der Waals surface area contributed by atoms with Gasteiger partial charge >= 0.3 is 6.18 Å². The highest BCUT2D eigenvalue weighted by atomic mass is 19.4. The molecule has 2 aliphatic heterocycles. The first-order valence-electron chi connectivity index (χ1n) is 9.33. The zero-order chi connectivity index (χ0) is 20.2. The Morgan fingerprint density at radius 3 is 2.66 bits per heavy atom. The number of alkyl halides is 3. The Kier molecular flexibility index (Phi) is 4.09. The van der Waals surface area contributed by atoms with Crippen LogP contribution in [0.15, 0.2) is 36.7 Å². The lowest BCUT2D eigenvalue weighted by molar-refractivity contribution is -0.137. The number of hydrogen-bond donors (Lipinski definition) is 2. The molecule has 4 heterocycles. The van der Waals surface area contributed by atoms with Crippen molar-refractivity contribution >= 4 is 16.6 Å². The molecule has 2 fully saturated rings. The summed E-state index contributed by atoms with van der Waals surface area (Å²) >= 11 is 0. The second kappa shape index (κ2) is 6.55. The number of aromatic hydroxyl groups is 1. The molecule has 3 aromatic rings. The fourth-order valence-corrected chi connectivity index (χ4v) is 4.18. The summed E-state index contributed by atoms with van der Waals surface area (Å²) in [5.41, 5.74) is -0.452. The Morgan fingerprint density at radius 1 is 1.10 bits per heavy atom. The Morgan fingerprint density at radius 2 is 1.97 bits per heavy atom. The number of phenols is 1. The zero-order valence-corrected chi connectivity index (χ0v) is 15.1. The predicted octanol–water partition coefficient (Wildman–Crippen LogP) is 4.15. The number of fused-ring (bicyclic) bond motifs is 3. The van der Waals surface area contributed by atoms with Crippen LogP contribution in [0.5, 0.6) is 5.75 Å². The maximum absolute atomic E-state index is 12.9. The molecule has 150 valence electrons. The van der Waals surface area contributed by atoms with Crippen LogP contribution in [0.4, 0.5) is 19.0 Å². The highest BCUT2D eigenvalue weighted by molar-refractivity contribution is 6.00. The van der Waals surface area contributed by atoms with Gasteiger partial charge in [-0.2, -0.15) is 13.2 Å². The van der Waals surface area contributed by atoms with E-state index in [1.54, 1.807) is 18.5 Å². The van der Waals surface area contributed by atoms with E-state index in [-0.39, 0.29) is 23.8 Å². The maximum atomic E-state index is 12.9. The summed E-state index contributed by atoms with van der Waals surface area (Å²) in [5.74, 6) is 0.0406. The van der Waals surface area contributed by atoms with Gasteiger partial charge in [0.05, 0.1) is 23.8 Å². The van der Waals surface area contributed by atoms with Gasteiger partial charge in [-0.05, 0) is 43.5 Å². The molecule has 0 radical (unpaired) electrons. The van der Waals surface area contributed by atoms with E-state index in [2.05, 4.69) is 20.5 Å². The van der Waals surface area contributed by atoms with E-state index in [0.717, 1.165) is 25.3 Å². The third-order valence-corrected chi connectivity index (χ3v) is 5.59. The summed E-state index contributed by atoms with van der Waals surface area (Å²) in [7, 11) is 0. The van der Waals surface area contributed by atoms with E-state index >= 15 is 0 Å². The maximum Gasteiger partial charge on any atom is 0.416 e. The lowest BCUT2D eigenvalue weighted by Gasteiger charge is -2.21. The Balaban J connectivity index is 1.55. The number of benzene rings is 1. The summed E-state index contributed by atoms with van der Waals surface area (Å²) in [6.45, 7) is 0. The predicted molar refractivity (Wildman–Crippen MR) is 99.4 cm³/mol. The minimum Gasteiger partial charge on any atom is -0.507 e. The summed E-state index contributed by atoms with van der Waals surface area (Å²) in [6.07, 6.45) is 2.06. The average Bonchev–Trinajstić information content (AvgIpc) is 3.31. The van der Waals surface area contributed by atoms with Crippen molar-refractivity contribution < 1.29 is 23.0 Å². The van der Waals surface area contributed by atoms with Crippen molar-refractivity contribution in [2.45, 2.75) is 43.7 Å². The molecule has 0 saturated carbocycles. The molecule has 2 N–H and O–H groups in total. The molecule has 0 spiro atoms. The molecular weight excluding hydrogens is 385 g/mol. The SMILES string of the molecule is Oc1cc(C(F)(F)F)ccc1-c1nnc(N[C@H]2C[C@@H]3CC[C@H]2O3)c2cnccc12. The molecule has 2 aromatic heterocycles. The second-order valence-corrected chi connectivity index (χ2v) is 7.41. The standard InChI is InChI=1S/C20H17F3N4O2/c21-20(22,23)10-1-3-13(16(28)7-10)18-12-5-6-24-9-14(12)19(27-26-18)25-15-8-11-2-4-17(15)29-11/h1,3,5-7,9,11,15,17,28H,2,4,8H2,(H,25,27)/t11-,15-,17+/m0/s1. The van der Waals surface area contributed by atoms with Gasteiger partial charge in [0, 0.05) is 28.7 Å². The van der Waals surface area contributed by atoms with Crippen LogP contribution in [-0.4, -0.2) is 38.5 Å². The number of rotatable bonds is 3. The van der Waals surface area contributed by atoms with Crippen LogP contribution < -0.4 is 5.32 Å². The Bertz CT molecular complexity index is 1090. The first-order chi connectivity index (χ1) is 13.9. The first kappa shape index (κ1) is 18.1. The van der Waals surface area contributed by atoms with E-state index in [0.29, 0.717) is 28.4 Å². The summed E-state index contributed by atoms with van der Waals surface area (Å²) in [4.78, 5) is 4.15. The van der Waals surface area contributed by atoms with Gasteiger partial charge in [0.2, 0.25) is 0 Å². The Hall–Kier alpha value is -2.94. The number of pyridine rings is 1. The third-order valence-electron chi connectivity index (χ3n) is 5.59. The van der Waals surface area contributed by atoms with E-state index in [4.69, 9.17) is 4.74 Å². The molecule has 2 aliphatic rings. The summed E-state index contributed by atoms with van der Waals surface area (Å²) in [5, 5.41) is 23.4. The first-order valence-corrected chi connectivity index (χ1v) is 9.33. The van der Waals surface area contributed by atoms with Gasteiger partial charge in [0.15, 0.2) is 5.82 Å².